The molecule has 0 radical (unpaired) electrons. The van der Waals surface area contributed by atoms with E-state index >= 15 is 0 Å². The Balaban J connectivity index is 1.72. The van der Waals surface area contributed by atoms with Crippen LogP contribution in [0.15, 0.2) is 76.2 Å². The van der Waals surface area contributed by atoms with Crippen molar-refractivity contribution in [3.8, 4) is 0 Å². The standard InChI is InChI=1S/C21H22FN3O4S/c1-25(2)19(20-7-4-12-29-20)14-23-21(26)15-5-3-6-18(13-15)30(27,28)24-17-10-8-16(22)9-11-17/h3-13,19,24H,14H2,1-2H3,(H,23,26). The third kappa shape index (κ3) is 5.25. The smallest absolute Gasteiger partial charge is 0.261 e. The highest BCUT2D eigenvalue weighted by Gasteiger charge is 2.20. The van der Waals surface area contributed by atoms with Crippen molar-refractivity contribution in [1.82, 2.24) is 10.2 Å². The summed E-state index contributed by atoms with van der Waals surface area (Å²) >= 11 is 0. The van der Waals surface area contributed by atoms with Gasteiger partial charge in [0.2, 0.25) is 0 Å². The molecule has 0 aliphatic heterocycles. The summed E-state index contributed by atoms with van der Waals surface area (Å²) in [6.07, 6.45) is 1.57. The lowest BCUT2D eigenvalue weighted by Gasteiger charge is -2.22. The average molecular weight is 431 g/mol. The summed E-state index contributed by atoms with van der Waals surface area (Å²) in [6.45, 7) is 0.282. The van der Waals surface area contributed by atoms with Crippen molar-refractivity contribution in [3.63, 3.8) is 0 Å². The molecule has 0 spiro atoms. The van der Waals surface area contributed by atoms with Gasteiger partial charge in [-0.05, 0) is 68.7 Å². The Labute approximate surface area is 174 Å². The molecule has 2 aromatic carbocycles. The van der Waals surface area contributed by atoms with E-state index in [1.807, 2.05) is 25.1 Å². The van der Waals surface area contributed by atoms with Crippen LogP contribution in [0.5, 0.6) is 0 Å². The van der Waals surface area contributed by atoms with E-state index in [0.29, 0.717) is 5.76 Å². The van der Waals surface area contributed by atoms with Crippen molar-refractivity contribution in [2.45, 2.75) is 10.9 Å². The van der Waals surface area contributed by atoms with Crippen LogP contribution in [0.4, 0.5) is 10.1 Å². The first kappa shape index (κ1) is 21.5. The molecule has 1 aromatic heterocycles. The topological polar surface area (TPSA) is 91.7 Å². The predicted molar refractivity (Wildman–Crippen MR) is 111 cm³/mol. The van der Waals surface area contributed by atoms with Crippen LogP contribution in [0.3, 0.4) is 0 Å². The zero-order valence-corrected chi connectivity index (χ0v) is 17.3. The van der Waals surface area contributed by atoms with Crippen LogP contribution >= 0.6 is 0 Å². The molecule has 30 heavy (non-hydrogen) atoms. The van der Waals surface area contributed by atoms with E-state index in [2.05, 4.69) is 10.0 Å². The second-order valence-corrected chi connectivity index (χ2v) is 8.53. The summed E-state index contributed by atoms with van der Waals surface area (Å²) in [5, 5.41) is 2.81. The SMILES string of the molecule is CN(C)C(CNC(=O)c1cccc(S(=O)(=O)Nc2ccc(F)cc2)c1)c1ccco1. The molecule has 0 saturated heterocycles. The maximum Gasteiger partial charge on any atom is 0.261 e. The average Bonchev–Trinajstić information content (AvgIpc) is 3.24. The van der Waals surface area contributed by atoms with Gasteiger partial charge in [-0.15, -0.1) is 0 Å². The van der Waals surface area contributed by atoms with E-state index in [1.54, 1.807) is 12.3 Å². The van der Waals surface area contributed by atoms with Crippen molar-refractivity contribution in [1.29, 1.82) is 0 Å². The van der Waals surface area contributed by atoms with Gasteiger partial charge < -0.3 is 9.73 Å². The van der Waals surface area contributed by atoms with Gasteiger partial charge in [0.15, 0.2) is 0 Å². The van der Waals surface area contributed by atoms with Crippen molar-refractivity contribution < 1.29 is 22.0 Å². The molecule has 3 rings (SSSR count). The van der Waals surface area contributed by atoms with E-state index in [4.69, 9.17) is 4.42 Å². The number of anilines is 1. The highest BCUT2D eigenvalue weighted by atomic mass is 32.2. The Morgan fingerprint density at radius 1 is 1.10 bits per heavy atom. The monoisotopic (exact) mass is 431 g/mol. The van der Waals surface area contributed by atoms with Crippen LogP contribution in [0.1, 0.15) is 22.2 Å². The first-order valence-electron chi connectivity index (χ1n) is 9.13. The molecule has 0 aliphatic carbocycles. The first-order valence-corrected chi connectivity index (χ1v) is 10.6. The van der Waals surface area contributed by atoms with E-state index < -0.39 is 21.7 Å². The van der Waals surface area contributed by atoms with Crippen LogP contribution in [0.2, 0.25) is 0 Å². The van der Waals surface area contributed by atoms with E-state index in [-0.39, 0.29) is 28.7 Å². The molecule has 158 valence electrons. The first-order chi connectivity index (χ1) is 14.3. The minimum absolute atomic E-state index is 0.0744. The van der Waals surface area contributed by atoms with Gasteiger partial charge in [0.1, 0.15) is 11.6 Å². The van der Waals surface area contributed by atoms with Gasteiger partial charge in [0.25, 0.3) is 15.9 Å². The third-order valence-corrected chi connectivity index (χ3v) is 5.83. The van der Waals surface area contributed by atoms with Gasteiger partial charge in [-0.25, -0.2) is 12.8 Å². The van der Waals surface area contributed by atoms with E-state index in [1.165, 1.54) is 36.4 Å². The summed E-state index contributed by atoms with van der Waals surface area (Å²) in [7, 11) is -0.201. The Morgan fingerprint density at radius 2 is 1.83 bits per heavy atom. The molecule has 1 unspecified atom stereocenters. The molecule has 2 N–H and O–H groups in total. The third-order valence-electron chi connectivity index (χ3n) is 4.45. The summed E-state index contributed by atoms with van der Waals surface area (Å²) in [6, 6.07) is 14.1. The Hall–Kier alpha value is -3.17. The van der Waals surface area contributed by atoms with Crippen molar-refractivity contribution >= 4 is 21.6 Å². The second kappa shape index (κ2) is 9.10. The Kier molecular flexibility index (Phi) is 6.53. The molecule has 0 aliphatic rings. The molecule has 7 nitrogen and oxygen atoms in total. The number of hydrogen-bond donors (Lipinski definition) is 2. The molecule has 3 aromatic rings. The zero-order chi connectivity index (χ0) is 21.7. The van der Waals surface area contributed by atoms with Crippen molar-refractivity contribution in [2.24, 2.45) is 0 Å². The molecule has 0 bridgehead atoms. The highest BCUT2D eigenvalue weighted by molar-refractivity contribution is 7.92. The number of sulfonamides is 1. The lowest BCUT2D eigenvalue weighted by atomic mass is 10.2. The Bertz CT molecular complexity index is 1100. The number of carbonyl (C=O) groups excluding carboxylic acids is 1. The normalized spacial score (nSPS) is 12.5. The second-order valence-electron chi connectivity index (χ2n) is 6.85. The number of halogens is 1. The number of nitrogens with zero attached hydrogens (tertiary/aromatic N) is 1. The summed E-state index contributed by atoms with van der Waals surface area (Å²) in [5.41, 5.74) is 0.424. The number of furan rings is 1. The summed E-state index contributed by atoms with van der Waals surface area (Å²) in [4.78, 5) is 14.4. The van der Waals surface area contributed by atoms with Crippen LogP contribution in [0.25, 0.3) is 0 Å². The van der Waals surface area contributed by atoms with Crippen LogP contribution in [-0.4, -0.2) is 39.9 Å². The molecule has 0 fully saturated rings. The van der Waals surface area contributed by atoms with Gasteiger partial charge in [-0.3, -0.25) is 14.4 Å². The fourth-order valence-corrected chi connectivity index (χ4v) is 3.95. The van der Waals surface area contributed by atoms with E-state index in [0.717, 1.165) is 12.1 Å². The molecule has 9 heteroatoms. The van der Waals surface area contributed by atoms with Crippen LogP contribution < -0.4 is 10.0 Å². The molecular weight excluding hydrogens is 409 g/mol. The molecule has 0 saturated carbocycles. The number of nitrogens with one attached hydrogen (secondary N) is 2. The minimum Gasteiger partial charge on any atom is -0.468 e. The molecular formula is C21H22FN3O4S. The maximum atomic E-state index is 13.0. The number of hydrogen-bond acceptors (Lipinski definition) is 5. The molecule has 1 heterocycles. The summed E-state index contributed by atoms with van der Waals surface area (Å²) < 4.78 is 46.0. The van der Waals surface area contributed by atoms with Crippen LogP contribution in [0, 0.1) is 5.82 Å². The quantitative estimate of drug-likeness (QED) is 0.571. The zero-order valence-electron chi connectivity index (χ0n) is 16.5. The van der Waals surface area contributed by atoms with Gasteiger partial charge in [-0.2, -0.15) is 0 Å². The van der Waals surface area contributed by atoms with Gasteiger partial charge in [-0.1, -0.05) is 6.07 Å². The Morgan fingerprint density at radius 3 is 2.47 bits per heavy atom. The van der Waals surface area contributed by atoms with Crippen LogP contribution in [-0.2, 0) is 10.0 Å². The predicted octanol–water partition coefficient (Wildman–Crippen LogP) is 3.25. The summed E-state index contributed by atoms with van der Waals surface area (Å²) in [5.74, 6) is -0.172. The van der Waals surface area contributed by atoms with E-state index in [9.17, 15) is 17.6 Å². The van der Waals surface area contributed by atoms with Crippen molar-refractivity contribution in [2.75, 3.05) is 25.4 Å². The number of benzene rings is 2. The lowest BCUT2D eigenvalue weighted by molar-refractivity contribution is 0.0939. The highest BCUT2D eigenvalue weighted by Crippen LogP contribution is 2.19. The fraction of sp³-hybridized carbons (Fsp3) is 0.190. The minimum atomic E-state index is -3.94. The van der Waals surface area contributed by atoms with Gasteiger partial charge in [0, 0.05) is 17.8 Å². The number of likely N-dealkylation sites (N-methyl/N-ethyl adjacent to an activating group) is 1. The number of amides is 1. The fourth-order valence-electron chi connectivity index (χ4n) is 2.85. The molecule has 1 atom stereocenters. The molecule has 1 amide bonds. The lowest BCUT2D eigenvalue weighted by Crippen LogP contribution is -2.34. The number of carbonyl (C=O) groups is 1. The van der Waals surface area contributed by atoms with Gasteiger partial charge >= 0.3 is 0 Å². The van der Waals surface area contributed by atoms with Gasteiger partial charge in [0.05, 0.1) is 17.2 Å². The number of rotatable bonds is 8. The largest absolute Gasteiger partial charge is 0.468 e. The maximum absolute atomic E-state index is 13.0. The van der Waals surface area contributed by atoms with Crippen molar-refractivity contribution in [3.05, 3.63) is 84.1 Å².